The van der Waals surface area contributed by atoms with Crippen LogP contribution in [0.4, 0.5) is 24.0 Å². The fourth-order valence-electron chi connectivity index (χ4n) is 2.68. The lowest BCUT2D eigenvalue weighted by Crippen LogP contribution is -2.40. The summed E-state index contributed by atoms with van der Waals surface area (Å²) < 4.78 is 43.7. The molecule has 1 saturated heterocycles. The zero-order valence-corrected chi connectivity index (χ0v) is 16.0. The molecule has 2 amide bonds. The summed E-state index contributed by atoms with van der Waals surface area (Å²) in [5.74, 6) is -0.892. The van der Waals surface area contributed by atoms with Crippen molar-refractivity contribution in [2.24, 2.45) is 0 Å². The fourth-order valence-corrected chi connectivity index (χ4v) is 3.39. The lowest BCUT2D eigenvalue weighted by Gasteiger charge is -2.10. The Balaban J connectivity index is 1.49. The van der Waals surface area contributed by atoms with Crippen LogP contribution in [0.2, 0.25) is 0 Å². The van der Waals surface area contributed by atoms with Gasteiger partial charge in [0.1, 0.15) is 5.69 Å². The summed E-state index contributed by atoms with van der Waals surface area (Å²) in [4.78, 5) is 28.0. The predicted octanol–water partition coefficient (Wildman–Crippen LogP) is 2.93. The van der Waals surface area contributed by atoms with Gasteiger partial charge in [-0.25, -0.2) is 4.98 Å². The van der Waals surface area contributed by atoms with Crippen LogP contribution in [-0.4, -0.2) is 42.6 Å². The van der Waals surface area contributed by atoms with Gasteiger partial charge >= 0.3 is 6.18 Å². The molecule has 0 saturated carbocycles. The third-order valence-electron chi connectivity index (χ3n) is 4.14. The Morgan fingerprint density at radius 3 is 2.83 bits per heavy atom. The second kappa shape index (κ2) is 9.23. The number of nitrogens with one attached hydrogen (secondary N) is 3. The van der Waals surface area contributed by atoms with E-state index in [-0.39, 0.29) is 35.1 Å². The Morgan fingerprint density at radius 2 is 2.10 bits per heavy atom. The maximum Gasteiger partial charge on any atom is 0.416 e. The number of hydrogen-bond acceptors (Lipinski definition) is 6. The van der Waals surface area contributed by atoms with Crippen molar-refractivity contribution in [3.05, 3.63) is 40.9 Å². The van der Waals surface area contributed by atoms with Gasteiger partial charge in [-0.1, -0.05) is 6.07 Å². The molecule has 1 fully saturated rings. The predicted molar refractivity (Wildman–Crippen MR) is 101 cm³/mol. The zero-order chi connectivity index (χ0) is 20.9. The molecule has 0 bridgehead atoms. The molecule has 1 atom stereocenters. The summed E-state index contributed by atoms with van der Waals surface area (Å²) in [5, 5.41) is 9.60. The number of nitrogens with zero attached hydrogens (tertiary/aromatic N) is 1. The number of ether oxygens (including phenoxy) is 1. The maximum atomic E-state index is 12.8. The second-order valence-corrected chi connectivity index (χ2v) is 7.22. The molecule has 11 heteroatoms. The van der Waals surface area contributed by atoms with Crippen LogP contribution in [0.5, 0.6) is 0 Å². The third kappa shape index (κ3) is 6.16. The van der Waals surface area contributed by atoms with Crippen LogP contribution in [0.1, 0.15) is 28.9 Å². The SMILES string of the molecule is O=C(CNC(=O)c1csc(Nc2cccc(C(F)(F)F)c2)n1)NCC1CCCO1. The quantitative estimate of drug-likeness (QED) is 0.631. The minimum Gasteiger partial charge on any atom is -0.376 e. The first-order chi connectivity index (χ1) is 13.8. The van der Waals surface area contributed by atoms with Gasteiger partial charge < -0.3 is 20.7 Å². The van der Waals surface area contributed by atoms with Crippen molar-refractivity contribution in [1.82, 2.24) is 15.6 Å². The molecule has 3 rings (SSSR count). The van der Waals surface area contributed by atoms with Crippen molar-refractivity contribution in [3.63, 3.8) is 0 Å². The summed E-state index contributed by atoms with van der Waals surface area (Å²) in [5.41, 5.74) is -0.517. The minimum atomic E-state index is -4.45. The molecule has 29 heavy (non-hydrogen) atoms. The Labute approximate surface area is 168 Å². The van der Waals surface area contributed by atoms with Gasteiger partial charge in [0.25, 0.3) is 5.91 Å². The first-order valence-corrected chi connectivity index (χ1v) is 9.75. The molecule has 2 aromatic rings. The Hall–Kier alpha value is -2.66. The van der Waals surface area contributed by atoms with Crippen LogP contribution in [0.25, 0.3) is 0 Å². The molecular weight excluding hydrogens is 409 g/mol. The number of aromatic nitrogens is 1. The summed E-state index contributed by atoms with van der Waals surface area (Å²) in [6, 6.07) is 4.67. The minimum absolute atomic E-state index is 0.0117. The average Bonchev–Trinajstić information content (AvgIpc) is 3.36. The fraction of sp³-hybridized carbons (Fsp3) is 0.389. The number of thiazole rings is 1. The normalized spacial score (nSPS) is 16.4. The maximum absolute atomic E-state index is 12.8. The monoisotopic (exact) mass is 428 g/mol. The van der Waals surface area contributed by atoms with Crippen molar-refractivity contribution in [2.75, 3.05) is 25.0 Å². The molecule has 2 heterocycles. The zero-order valence-electron chi connectivity index (χ0n) is 15.2. The van der Waals surface area contributed by atoms with Gasteiger partial charge in [-0.2, -0.15) is 13.2 Å². The van der Waals surface area contributed by atoms with Crippen LogP contribution in [0.15, 0.2) is 29.6 Å². The van der Waals surface area contributed by atoms with Gasteiger partial charge in [-0.3, -0.25) is 9.59 Å². The van der Waals surface area contributed by atoms with Gasteiger partial charge in [0.05, 0.1) is 18.2 Å². The van der Waals surface area contributed by atoms with E-state index in [2.05, 4.69) is 20.9 Å². The molecule has 0 spiro atoms. The van der Waals surface area contributed by atoms with E-state index in [0.29, 0.717) is 13.2 Å². The third-order valence-corrected chi connectivity index (χ3v) is 4.90. The molecule has 0 aliphatic carbocycles. The highest BCUT2D eigenvalue weighted by atomic mass is 32.1. The van der Waals surface area contributed by atoms with Crippen LogP contribution >= 0.6 is 11.3 Å². The molecule has 3 N–H and O–H groups in total. The lowest BCUT2D eigenvalue weighted by atomic mass is 10.2. The van der Waals surface area contributed by atoms with Crippen LogP contribution in [0, 0.1) is 0 Å². The van der Waals surface area contributed by atoms with Gasteiger partial charge in [-0.15, -0.1) is 11.3 Å². The lowest BCUT2D eigenvalue weighted by molar-refractivity contribution is -0.137. The second-order valence-electron chi connectivity index (χ2n) is 6.36. The number of alkyl halides is 3. The van der Waals surface area contributed by atoms with Crippen molar-refractivity contribution in [1.29, 1.82) is 0 Å². The van der Waals surface area contributed by atoms with Crippen molar-refractivity contribution in [3.8, 4) is 0 Å². The van der Waals surface area contributed by atoms with E-state index in [4.69, 9.17) is 4.74 Å². The number of benzene rings is 1. The van der Waals surface area contributed by atoms with E-state index in [1.165, 1.54) is 17.5 Å². The number of amides is 2. The molecule has 1 unspecified atom stereocenters. The van der Waals surface area contributed by atoms with E-state index < -0.39 is 17.6 Å². The van der Waals surface area contributed by atoms with Gasteiger partial charge in [0.2, 0.25) is 5.91 Å². The van der Waals surface area contributed by atoms with Crippen molar-refractivity contribution in [2.45, 2.75) is 25.1 Å². The Morgan fingerprint density at radius 1 is 1.28 bits per heavy atom. The van der Waals surface area contributed by atoms with Gasteiger partial charge in [0, 0.05) is 24.2 Å². The summed E-state index contributed by atoms with van der Waals surface area (Å²) in [7, 11) is 0. The van der Waals surface area contributed by atoms with E-state index in [1.807, 2.05) is 0 Å². The highest BCUT2D eigenvalue weighted by molar-refractivity contribution is 7.14. The standard InChI is InChI=1S/C18H19F3N4O3S/c19-18(20,21)11-3-1-4-12(7-11)24-17-25-14(10-29-17)16(27)23-9-15(26)22-8-13-5-2-6-28-13/h1,3-4,7,10,13H,2,5-6,8-9H2,(H,22,26)(H,23,27)(H,24,25). The molecule has 1 aromatic heterocycles. The average molecular weight is 428 g/mol. The first kappa shape index (κ1) is 21.1. The molecule has 1 aliphatic heterocycles. The number of anilines is 2. The molecule has 1 aromatic carbocycles. The Bertz CT molecular complexity index is 866. The molecule has 0 radical (unpaired) electrons. The largest absolute Gasteiger partial charge is 0.416 e. The summed E-state index contributed by atoms with van der Waals surface area (Å²) in [6.07, 6.45) is -2.57. The Kier molecular flexibility index (Phi) is 6.70. The van der Waals surface area contributed by atoms with E-state index in [0.717, 1.165) is 36.3 Å². The van der Waals surface area contributed by atoms with Gasteiger partial charge in [0.15, 0.2) is 5.13 Å². The number of carbonyl (C=O) groups is 2. The van der Waals surface area contributed by atoms with Crippen molar-refractivity contribution >= 4 is 34.0 Å². The van der Waals surface area contributed by atoms with E-state index >= 15 is 0 Å². The number of hydrogen-bond donors (Lipinski definition) is 3. The van der Waals surface area contributed by atoms with Crippen molar-refractivity contribution < 1.29 is 27.5 Å². The van der Waals surface area contributed by atoms with Gasteiger partial charge in [-0.05, 0) is 31.0 Å². The highest BCUT2D eigenvalue weighted by Crippen LogP contribution is 2.31. The van der Waals surface area contributed by atoms with Crippen LogP contribution in [-0.2, 0) is 15.7 Å². The topological polar surface area (TPSA) is 92.4 Å². The molecule has 1 aliphatic rings. The van der Waals surface area contributed by atoms with E-state index in [1.54, 1.807) is 0 Å². The molecule has 7 nitrogen and oxygen atoms in total. The number of rotatable bonds is 7. The summed E-state index contributed by atoms with van der Waals surface area (Å²) >= 11 is 1.07. The first-order valence-electron chi connectivity index (χ1n) is 8.87. The summed E-state index contributed by atoms with van der Waals surface area (Å²) in [6.45, 7) is 0.883. The number of halogens is 3. The van der Waals surface area contributed by atoms with E-state index in [9.17, 15) is 22.8 Å². The molecule has 156 valence electrons. The number of carbonyl (C=O) groups excluding carboxylic acids is 2. The molecular formula is C18H19F3N4O3S. The van der Waals surface area contributed by atoms with Crippen LogP contribution in [0.3, 0.4) is 0 Å². The highest BCUT2D eigenvalue weighted by Gasteiger charge is 2.30. The van der Waals surface area contributed by atoms with Crippen LogP contribution < -0.4 is 16.0 Å². The smallest absolute Gasteiger partial charge is 0.376 e.